The van der Waals surface area contributed by atoms with Crippen molar-refractivity contribution < 1.29 is 27.4 Å². The third-order valence-corrected chi connectivity index (χ3v) is 8.95. The largest absolute Gasteiger partial charge is 0.497 e. The van der Waals surface area contributed by atoms with Crippen LogP contribution in [0.3, 0.4) is 0 Å². The highest BCUT2D eigenvalue weighted by Gasteiger charge is 2.49. The molecule has 1 unspecified atom stereocenters. The number of ether oxygens (including phenoxy) is 2. The van der Waals surface area contributed by atoms with Crippen LogP contribution in [-0.2, 0) is 10.9 Å². The number of halogens is 3. The van der Waals surface area contributed by atoms with E-state index in [1.165, 1.54) is 44.2 Å². The molecule has 1 N–H and O–H groups in total. The smallest absolute Gasteiger partial charge is 0.416 e. The summed E-state index contributed by atoms with van der Waals surface area (Å²) >= 11 is 0. The van der Waals surface area contributed by atoms with E-state index in [1.54, 1.807) is 42.3 Å². The number of methoxy groups -OCH3 is 1. The van der Waals surface area contributed by atoms with E-state index in [-0.39, 0.29) is 23.7 Å². The van der Waals surface area contributed by atoms with Crippen molar-refractivity contribution in [3.63, 3.8) is 0 Å². The zero-order valence-electron chi connectivity index (χ0n) is 20.9. The molecule has 8 heteroatoms. The molecule has 198 valence electrons. The minimum atomic E-state index is -4.51. The highest BCUT2D eigenvalue weighted by Crippen LogP contribution is 2.53. The van der Waals surface area contributed by atoms with Gasteiger partial charge in [-0.2, -0.15) is 13.2 Å². The number of hydrogen-bond donors (Lipinski definition) is 1. The van der Waals surface area contributed by atoms with Gasteiger partial charge in [-0.1, -0.05) is 30.3 Å². The van der Waals surface area contributed by atoms with Crippen LogP contribution < -0.4 is 10.1 Å². The molecule has 5 nitrogen and oxygen atoms in total. The van der Waals surface area contributed by atoms with Gasteiger partial charge in [-0.15, -0.1) is 0 Å². The number of nitrogens with zero attached hydrogens (tertiary/aromatic N) is 1. The molecule has 4 saturated carbocycles. The van der Waals surface area contributed by atoms with Crippen LogP contribution in [-0.4, -0.2) is 43.3 Å². The summed E-state index contributed by atoms with van der Waals surface area (Å²) in [5, 5.41) is 3.31. The summed E-state index contributed by atoms with van der Waals surface area (Å²) in [7, 11) is 1.54. The predicted octanol–water partition coefficient (Wildman–Crippen LogP) is 6.04. The van der Waals surface area contributed by atoms with Crippen molar-refractivity contribution in [2.45, 2.75) is 56.5 Å². The first kappa shape index (κ1) is 24.6. The minimum Gasteiger partial charge on any atom is -0.497 e. The first-order chi connectivity index (χ1) is 17.8. The maximum absolute atomic E-state index is 13.9. The van der Waals surface area contributed by atoms with Crippen molar-refractivity contribution in [3.8, 4) is 5.75 Å². The molecule has 1 aliphatic heterocycles. The molecule has 1 atom stereocenters. The van der Waals surface area contributed by atoms with Gasteiger partial charge < -0.3 is 19.7 Å². The van der Waals surface area contributed by atoms with Crippen molar-refractivity contribution in [3.05, 3.63) is 65.2 Å². The Morgan fingerprint density at radius 3 is 2.16 bits per heavy atom. The van der Waals surface area contributed by atoms with Gasteiger partial charge in [0.05, 0.1) is 31.9 Å². The van der Waals surface area contributed by atoms with E-state index in [1.807, 2.05) is 0 Å². The van der Waals surface area contributed by atoms with E-state index in [9.17, 15) is 18.0 Å². The number of hydrogen-bond acceptors (Lipinski definition) is 3. The number of urea groups is 1. The zero-order chi connectivity index (χ0) is 25.7. The molecule has 4 aliphatic carbocycles. The molecule has 5 aliphatic rings. The number of rotatable bonds is 6. The molecule has 5 fully saturated rings. The molecule has 1 saturated heterocycles. The van der Waals surface area contributed by atoms with Gasteiger partial charge in [-0.3, -0.25) is 0 Å². The fraction of sp³-hybridized carbons (Fsp3) is 0.552. The number of alkyl halides is 3. The zero-order valence-corrected chi connectivity index (χ0v) is 20.9. The molecule has 1 heterocycles. The van der Waals surface area contributed by atoms with Crippen LogP contribution in [0.1, 0.15) is 54.9 Å². The Kier molecular flexibility index (Phi) is 6.33. The Balaban J connectivity index is 1.14. The lowest BCUT2D eigenvalue weighted by atomic mass is 9.54. The minimum absolute atomic E-state index is 0.0664. The summed E-state index contributed by atoms with van der Waals surface area (Å²) in [6.45, 7) is 0.722. The van der Waals surface area contributed by atoms with E-state index in [0.29, 0.717) is 36.2 Å². The van der Waals surface area contributed by atoms with Crippen LogP contribution in [0.25, 0.3) is 0 Å². The number of carbonyl (C=O) groups is 1. The molecular formula is C29H33F3N2O3. The van der Waals surface area contributed by atoms with E-state index < -0.39 is 17.8 Å². The Morgan fingerprint density at radius 2 is 1.57 bits per heavy atom. The number of benzene rings is 2. The maximum Gasteiger partial charge on any atom is 0.416 e. The molecule has 4 bridgehead atoms. The second-order valence-corrected chi connectivity index (χ2v) is 11.3. The normalized spacial score (nSPS) is 29.6. The molecule has 2 aromatic rings. The Labute approximate surface area is 215 Å². The summed E-state index contributed by atoms with van der Waals surface area (Å²) in [5.74, 6) is 3.47. The lowest BCUT2D eigenvalue weighted by Crippen LogP contribution is -2.63. The van der Waals surface area contributed by atoms with Crippen LogP contribution >= 0.6 is 0 Å². The van der Waals surface area contributed by atoms with E-state index >= 15 is 0 Å². The standard InChI is InChI=1S/C29H33F3N2O3/c1-36-22-8-6-19(7-9-22)27(24-4-2-3-5-25(24)29(30,31)32)37-23-15-34(16-23)28(35)33-26-20-11-17-10-18(13-20)14-21(26)12-17/h2-9,17-18,20-21,23,26-27H,10-16H2,1H3,(H,33,35). The fourth-order valence-electron chi connectivity index (χ4n) is 7.37. The van der Waals surface area contributed by atoms with Gasteiger partial charge >= 0.3 is 12.2 Å². The molecule has 2 amide bonds. The van der Waals surface area contributed by atoms with Crippen LogP contribution in [0.15, 0.2) is 48.5 Å². The fourth-order valence-corrected chi connectivity index (χ4v) is 7.37. The lowest BCUT2D eigenvalue weighted by Gasteiger charge is -2.55. The summed E-state index contributed by atoms with van der Waals surface area (Å²) in [4.78, 5) is 14.8. The highest BCUT2D eigenvalue weighted by atomic mass is 19.4. The monoisotopic (exact) mass is 514 g/mol. The van der Waals surface area contributed by atoms with Crippen molar-refractivity contribution >= 4 is 6.03 Å². The Hall–Kier alpha value is -2.74. The average Bonchev–Trinajstić information content (AvgIpc) is 2.85. The third kappa shape index (κ3) is 4.80. The van der Waals surface area contributed by atoms with Crippen molar-refractivity contribution in [2.24, 2.45) is 23.7 Å². The van der Waals surface area contributed by atoms with Gasteiger partial charge in [-0.25, -0.2) is 4.79 Å². The topological polar surface area (TPSA) is 50.8 Å². The van der Waals surface area contributed by atoms with Crippen LogP contribution in [0.4, 0.5) is 18.0 Å². The van der Waals surface area contributed by atoms with Gasteiger partial charge in [0.2, 0.25) is 0 Å². The highest BCUT2D eigenvalue weighted by molar-refractivity contribution is 5.75. The Morgan fingerprint density at radius 1 is 0.946 bits per heavy atom. The van der Waals surface area contributed by atoms with E-state index in [0.717, 1.165) is 17.9 Å². The number of amides is 2. The summed E-state index contributed by atoms with van der Waals surface area (Å²) in [5.41, 5.74) is -0.0442. The molecule has 37 heavy (non-hydrogen) atoms. The number of likely N-dealkylation sites (tertiary alicyclic amines) is 1. The van der Waals surface area contributed by atoms with Gasteiger partial charge in [-0.05, 0) is 85.1 Å². The average molecular weight is 515 g/mol. The molecule has 0 spiro atoms. The second kappa shape index (κ2) is 9.53. The summed E-state index contributed by atoms with van der Waals surface area (Å²) in [6.07, 6.45) is 0.511. The first-order valence-corrected chi connectivity index (χ1v) is 13.3. The van der Waals surface area contributed by atoms with Crippen molar-refractivity contribution in [1.82, 2.24) is 10.2 Å². The Bertz CT molecular complexity index is 1100. The summed E-state index contributed by atoms with van der Waals surface area (Å²) in [6, 6.07) is 12.6. The van der Waals surface area contributed by atoms with Crippen LogP contribution in [0.2, 0.25) is 0 Å². The van der Waals surface area contributed by atoms with E-state index in [2.05, 4.69) is 5.32 Å². The number of nitrogens with one attached hydrogen (secondary N) is 1. The second-order valence-electron chi connectivity index (χ2n) is 11.3. The quantitative estimate of drug-likeness (QED) is 0.512. The molecule has 7 rings (SSSR count). The summed E-state index contributed by atoms with van der Waals surface area (Å²) < 4.78 is 53.0. The molecular weight excluding hydrogens is 481 g/mol. The maximum atomic E-state index is 13.9. The lowest BCUT2D eigenvalue weighted by molar-refractivity contribution is -0.140. The SMILES string of the molecule is COc1ccc(C(OC2CN(C(=O)NC3C4CC5CC(C4)CC3C5)C2)c2ccccc2C(F)(F)F)cc1. The van der Waals surface area contributed by atoms with Crippen molar-refractivity contribution in [1.29, 1.82) is 0 Å². The number of carbonyl (C=O) groups excluding carboxylic acids is 1. The van der Waals surface area contributed by atoms with Gasteiger partial charge in [0.25, 0.3) is 0 Å². The van der Waals surface area contributed by atoms with Gasteiger partial charge in [0.15, 0.2) is 0 Å². The third-order valence-electron chi connectivity index (χ3n) is 8.95. The van der Waals surface area contributed by atoms with E-state index in [4.69, 9.17) is 9.47 Å². The predicted molar refractivity (Wildman–Crippen MR) is 132 cm³/mol. The van der Waals surface area contributed by atoms with Gasteiger partial charge in [0, 0.05) is 6.04 Å². The molecule has 2 aromatic carbocycles. The van der Waals surface area contributed by atoms with Crippen molar-refractivity contribution in [2.75, 3.05) is 20.2 Å². The van der Waals surface area contributed by atoms with Crippen LogP contribution in [0.5, 0.6) is 5.75 Å². The van der Waals surface area contributed by atoms with Gasteiger partial charge in [0.1, 0.15) is 11.9 Å². The molecule has 0 aromatic heterocycles. The first-order valence-electron chi connectivity index (χ1n) is 13.3. The van der Waals surface area contributed by atoms with Crippen LogP contribution in [0, 0.1) is 23.7 Å². The molecule has 0 radical (unpaired) electrons.